The first-order valence-corrected chi connectivity index (χ1v) is 8.83. The summed E-state index contributed by atoms with van der Waals surface area (Å²) in [5.74, 6) is 5.84. The van der Waals surface area contributed by atoms with Crippen LogP contribution in [0, 0.1) is 17.8 Å². The van der Waals surface area contributed by atoms with Crippen LogP contribution in [0.3, 0.4) is 0 Å². The number of halogens is 2. The molecule has 0 saturated heterocycles. The van der Waals surface area contributed by atoms with E-state index in [9.17, 15) is 8.42 Å². The first-order valence-electron chi connectivity index (χ1n) is 6.59. The minimum atomic E-state index is -3.73. The number of hydrogen-bond acceptors (Lipinski definition) is 3. The van der Waals surface area contributed by atoms with Crippen molar-refractivity contribution >= 4 is 33.2 Å². The fourth-order valence-corrected chi connectivity index (χ4v) is 4.68. The predicted octanol–water partition coefficient (Wildman–Crippen LogP) is 2.38. The average molecular weight is 347 g/mol. The van der Waals surface area contributed by atoms with E-state index in [4.69, 9.17) is 28.9 Å². The van der Waals surface area contributed by atoms with Crippen LogP contribution in [0.1, 0.15) is 25.3 Å². The van der Waals surface area contributed by atoms with E-state index in [1.807, 2.05) is 6.92 Å². The third-order valence-electron chi connectivity index (χ3n) is 3.36. The fraction of sp³-hybridized carbons (Fsp3) is 0.429. The van der Waals surface area contributed by atoms with Crippen LogP contribution < -0.4 is 10.5 Å². The highest BCUT2D eigenvalue weighted by Crippen LogP contribution is 2.37. The molecule has 1 aromatic rings. The van der Waals surface area contributed by atoms with Gasteiger partial charge in [0.2, 0.25) is 10.0 Å². The minimum absolute atomic E-state index is 0.0242. The van der Waals surface area contributed by atoms with Crippen LogP contribution in [0.4, 0.5) is 0 Å². The van der Waals surface area contributed by atoms with Gasteiger partial charge in [0.1, 0.15) is 4.90 Å². The molecule has 0 amide bonds. The zero-order valence-electron chi connectivity index (χ0n) is 11.5. The zero-order valence-corrected chi connectivity index (χ0v) is 13.8. The van der Waals surface area contributed by atoms with Gasteiger partial charge in [-0.15, -0.1) is 0 Å². The van der Waals surface area contributed by atoms with E-state index in [1.54, 1.807) is 0 Å². The maximum Gasteiger partial charge on any atom is 0.243 e. The summed E-state index contributed by atoms with van der Waals surface area (Å²) in [5, 5.41) is 0.120. The van der Waals surface area contributed by atoms with Crippen molar-refractivity contribution in [2.45, 2.75) is 30.7 Å². The molecule has 1 saturated carbocycles. The summed E-state index contributed by atoms with van der Waals surface area (Å²) in [6.07, 6.45) is 1.80. The maximum atomic E-state index is 12.4. The summed E-state index contributed by atoms with van der Waals surface area (Å²) in [6, 6.07) is 2.94. The van der Waals surface area contributed by atoms with Gasteiger partial charge >= 0.3 is 0 Å². The van der Waals surface area contributed by atoms with E-state index in [0.717, 1.165) is 12.8 Å². The van der Waals surface area contributed by atoms with Crippen LogP contribution in [0.2, 0.25) is 10.0 Å². The second-order valence-corrected chi connectivity index (χ2v) is 7.37. The van der Waals surface area contributed by atoms with Crippen molar-refractivity contribution in [3.8, 4) is 11.8 Å². The monoisotopic (exact) mass is 346 g/mol. The van der Waals surface area contributed by atoms with Crippen molar-refractivity contribution in [1.29, 1.82) is 0 Å². The molecule has 21 heavy (non-hydrogen) atoms. The van der Waals surface area contributed by atoms with Gasteiger partial charge in [0.25, 0.3) is 0 Å². The highest BCUT2D eigenvalue weighted by Gasteiger charge is 2.39. The summed E-state index contributed by atoms with van der Waals surface area (Å²) < 4.78 is 27.4. The Bertz CT molecular complexity index is 684. The second-order valence-electron chi connectivity index (χ2n) is 4.91. The molecule has 1 aromatic carbocycles. The van der Waals surface area contributed by atoms with Crippen molar-refractivity contribution in [3.63, 3.8) is 0 Å². The molecule has 2 unspecified atom stereocenters. The lowest BCUT2D eigenvalue weighted by Gasteiger charge is -2.10. The van der Waals surface area contributed by atoms with Gasteiger partial charge in [-0.3, -0.25) is 0 Å². The lowest BCUT2D eigenvalue weighted by Crippen LogP contribution is -2.27. The number of benzene rings is 1. The number of sulfonamides is 1. The van der Waals surface area contributed by atoms with E-state index >= 15 is 0 Å². The first-order chi connectivity index (χ1) is 9.89. The Kier molecular flexibility index (Phi) is 5.18. The Morgan fingerprint density at radius 3 is 2.48 bits per heavy atom. The zero-order chi connectivity index (χ0) is 15.6. The van der Waals surface area contributed by atoms with Crippen molar-refractivity contribution in [2.24, 2.45) is 11.7 Å². The van der Waals surface area contributed by atoms with Crippen LogP contribution in [0.15, 0.2) is 17.0 Å². The third-order valence-corrected chi connectivity index (χ3v) is 5.77. The van der Waals surface area contributed by atoms with Gasteiger partial charge in [0.05, 0.1) is 16.6 Å². The largest absolute Gasteiger partial charge is 0.320 e. The second kappa shape index (κ2) is 6.55. The lowest BCUT2D eigenvalue weighted by molar-refractivity contribution is 0.576. The van der Waals surface area contributed by atoms with Gasteiger partial charge in [-0.25, -0.2) is 13.1 Å². The van der Waals surface area contributed by atoms with Gasteiger partial charge < -0.3 is 5.73 Å². The van der Waals surface area contributed by atoms with E-state index in [1.165, 1.54) is 12.1 Å². The quantitative estimate of drug-likeness (QED) is 0.822. The van der Waals surface area contributed by atoms with E-state index in [0.29, 0.717) is 11.5 Å². The third kappa shape index (κ3) is 3.91. The highest BCUT2D eigenvalue weighted by atomic mass is 35.5. The Morgan fingerprint density at radius 1 is 1.38 bits per heavy atom. The normalized spacial score (nSPS) is 20.8. The van der Waals surface area contributed by atoms with E-state index < -0.39 is 10.0 Å². The summed E-state index contributed by atoms with van der Waals surface area (Å²) in [6.45, 7) is 2.24. The van der Waals surface area contributed by atoms with Gasteiger partial charge in [-0.1, -0.05) is 48.4 Å². The SMILES string of the molecule is CCC1CC1NS(=O)(=O)c1c(Cl)cc(C#CCN)cc1Cl. The highest BCUT2D eigenvalue weighted by molar-refractivity contribution is 7.89. The Balaban J connectivity index is 2.31. The smallest absolute Gasteiger partial charge is 0.243 e. The van der Waals surface area contributed by atoms with Gasteiger partial charge in [0.15, 0.2) is 0 Å². The molecule has 0 bridgehead atoms. The summed E-state index contributed by atoms with van der Waals surface area (Å²) >= 11 is 12.1. The summed E-state index contributed by atoms with van der Waals surface area (Å²) in [5.41, 5.74) is 5.83. The van der Waals surface area contributed by atoms with Crippen molar-refractivity contribution in [1.82, 2.24) is 4.72 Å². The summed E-state index contributed by atoms with van der Waals surface area (Å²) in [4.78, 5) is -0.0918. The van der Waals surface area contributed by atoms with Crippen LogP contribution in [0.5, 0.6) is 0 Å². The van der Waals surface area contributed by atoms with E-state index in [2.05, 4.69) is 16.6 Å². The first kappa shape index (κ1) is 16.6. The molecule has 0 aliphatic heterocycles. The van der Waals surface area contributed by atoms with Crippen LogP contribution >= 0.6 is 23.2 Å². The number of nitrogens with one attached hydrogen (secondary N) is 1. The van der Waals surface area contributed by atoms with Crippen molar-refractivity contribution < 1.29 is 8.42 Å². The number of hydrogen-bond donors (Lipinski definition) is 2. The molecule has 7 heteroatoms. The standard InChI is InChI=1S/C14H16Cl2N2O2S/c1-2-10-8-13(10)18-21(19,20)14-11(15)6-9(4-3-5-17)7-12(14)16/h6-7,10,13,18H,2,5,8,17H2,1H3. The van der Waals surface area contributed by atoms with Crippen LogP contribution in [-0.2, 0) is 10.0 Å². The Labute approximate surface area is 135 Å². The molecule has 1 fully saturated rings. The molecule has 1 aliphatic carbocycles. The molecule has 0 radical (unpaired) electrons. The lowest BCUT2D eigenvalue weighted by atomic mass is 10.2. The molecule has 2 atom stereocenters. The molecule has 0 aromatic heterocycles. The van der Waals surface area contributed by atoms with Gasteiger partial charge in [0, 0.05) is 11.6 Å². The van der Waals surface area contributed by atoms with Gasteiger partial charge in [-0.05, 0) is 24.5 Å². The molecule has 0 spiro atoms. The van der Waals surface area contributed by atoms with E-state index in [-0.39, 0.29) is 27.5 Å². The molecular weight excluding hydrogens is 331 g/mol. The minimum Gasteiger partial charge on any atom is -0.320 e. The molecule has 1 aliphatic rings. The number of nitrogens with two attached hydrogens (primary N) is 1. The topological polar surface area (TPSA) is 72.2 Å². The van der Waals surface area contributed by atoms with Crippen molar-refractivity contribution in [3.05, 3.63) is 27.7 Å². The Morgan fingerprint density at radius 2 is 2.00 bits per heavy atom. The molecule has 2 rings (SSSR count). The van der Waals surface area contributed by atoms with Crippen molar-refractivity contribution in [2.75, 3.05) is 6.54 Å². The Hall–Kier alpha value is -0.770. The molecule has 4 nitrogen and oxygen atoms in total. The molecular formula is C14H16Cl2N2O2S. The number of rotatable bonds is 4. The fourth-order valence-electron chi connectivity index (χ4n) is 2.14. The maximum absolute atomic E-state index is 12.4. The van der Waals surface area contributed by atoms with Gasteiger partial charge in [-0.2, -0.15) is 0 Å². The molecule has 3 N–H and O–H groups in total. The predicted molar refractivity (Wildman–Crippen MR) is 84.9 cm³/mol. The molecule has 0 heterocycles. The van der Waals surface area contributed by atoms with Crippen LogP contribution in [0.25, 0.3) is 0 Å². The average Bonchev–Trinajstić information content (AvgIpc) is 3.12. The summed E-state index contributed by atoms with van der Waals surface area (Å²) in [7, 11) is -3.73. The molecule has 114 valence electrons. The van der Waals surface area contributed by atoms with Crippen LogP contribution in [-0.4, -0.2) is 21.0 Å².